The molecule has 0 aromatic carbocycles. The lowest BCUT2D eigenvalue weighted by Gasteiger charge is -2.06. The number of aromatic nitrogens is 1. The average Bonchev–Trinajstić information content (AvgIpc) is 2.77. The highest BCUT2D eigenvalue weighted by molar-refractivity contribution is 6.11. The largest absolute Gasteiger partial charge is 0.411 e. The van der Waals surface area contributed by atoms with E-state index in [2.05, 4.69) is 25.2 Å². The molecule has 1 aromatic heterocycles. The second-order valence-corrected chi connectivity index (χ2v) is 3.40. The third-order valence-corrected chi connectivity index (χ3v) is 1.91. The maximum absolute atomic E-state index is 11.8. The number of amidine groups is 2. The van der Waals surface area contributed by atoms with Gasteiger partial charge in [-0.2, -0.15) is 13.2 Å². The van der Waals surface area contributed by atoms with Gasteiger partial charge in [-0.1, -0.05) is 0 Å². The lowest BCUT2D eigenvalue weighted by Crippen LogP contribution is -2.26. The first kappa shape index (κ1) is 12.5. The van der Waals surface area contributed by atoms with E-state index in [-0.39, 0.29) is 12.4 Å². The Kier molecular flexibility index (Phi) is 3.56. The van der Waals surface area contributed by atoms with Crippen molar-refractivity contribution in [2.75, 3.05) is 13.2 Å². The van der Waals surface area contributed by atoms with Crippen LogP contribution in [0.2, 0.25) is 0 Å². The standard InChI is InChI=1S/C10H8F3N4O/c11-10(12,13)6-18-5-8-15-9(17-16-8)7-2-1-3-14-4-7/h1-4H,5-6H2. The summed E-state index contributed by atoms with van der Waals surface area (Å²) in [7, 11) is 0. The van der Waals surface area contributed by atoms with Gasteiger partial charge in [0.25, 0.3) is 0 Å². The molecule has 5 nitrogen and oxygen atoms in total. The van der Waals surface area contributed by atoms with Crippen LogP contribution in [0.25, 0.3) is 0 Å². The number of pyridine rings is 1. The van der Waals surface area contributed by atoms with Crippen LogP contribution < -0.4 is 5.32 Å². The summed E-state index contributed by atoms with van der Waals surface area (Å²) in [6.45, 7) is -1.66. The summed E-state index contributed by atoms with van der Waals surface area (Å²) in [5, 5.41) is 11.3. The molecule has 0 spiro atoms. The van der Waals surface area contributed by atoms with Crippen LogP contribution in [0, 0.1) is 0 Å². The van der Waals surface area contributed by atoms with Crippen LogP contribution in [0.4, 0.5) is 13.2 Å². The number of ether oxygens (including phenoxy) is 1. The molecular formula is C10H8F3N4O. The summed E-state index contributed by atoms with van der Waals surface area (Å²) in [5.74, 6) is 0.423. The molecule has 0 saturated heterocycles. The van der Waals surface area contributed by atoms with Crippen molar-refractivity contribution in [1.29, 1.82) is 0 Å². The first-order valence-electron chi connectivity index (χ1n) is 4.96. The minimum absolute atomic E-state index is 0.109. The average molecular weight is 257 g/mol. The van der Waals surface area contributed by atoms with Gasteiger partial charge in [0.2, 0.25) is 0 Å². The topological polar surface area (TPSA) is 60.9 Å². The molecule has 0 unspecified atom stereocenters. The maximum Gasteiger partial charge on any atom is 0.411 e. The molecule has 2 heterocycles. The van der Waals surface area contributed by atoms with E-state index in [0.717, 1.165) is 0 Å². The summed E-state index contributed by atoms with van der Waals surface area (Å²) < 4.78 is 39.9. The molecule has 0 fully saturated rings. The lowest BCUT2D eigenvalue weighted by atomic mass is 10.2. The van der Waals surface area contributed by atoms with E-state index in [1.54, 1.807) is 18.3 Å². The van der Waals surface area contributed by atoms with Crippen LogP contribution in [-0.2, 0) is 4.74 Å². The van der Waals surface area contributed by atoms with Crippen LogP contribution in [0.1, 0.15) is 5.56 Å². The van der Waals surface area contributed by atoms with E-state index in [0.29, 0.717) is 11.4 Å². The Labute approximate surface area is 100 Å². The van der Waals surface area contributed by atoms with E-state index >= 15 is 0 Å². The number of hydrogen-bond donors (Lipinski definition) is 0. The molecule has 0 aliphatic carbocycles. The molecule has 0 saturated carbocycles. The molecule has 95 valence electrons. The highest BCUT2D eigenvalue weighted by atomic mass is 19.4. The molecule has 2 rings (SSSR count). The van der Waals surface area contributed by atoms with Crippen molar-refractivity contribution < 1.29 is 17.9 Å². The van der Waals surface area contributed by atoms with Crippen LogP contribution >= 0.6 is 0 Å². The molecule has 18 heavy (non-hydrogen) atoms. The fourth-order valence-corrected chi connectivity index (χ4v) is 1.21. The minimum Gasteiger partial charge on any atom is -0.364 e. The van der Waals surface area contributed by atoms with Gasteiger partial charge in [-0.05, 0) is 12.1 Å². The fourth-order valence-electron chi connectivity index (χ4n) is 1.21. The number of rotatable bonds is 4. The van der Waals surface area contributed by atoms with Crippen molar-refractivity contribution in [3.05, 3.63) is 30.1 Å². The third-order valence-electron chi connectivity index (χ3n) is 1.91. The Morgan fingerprint density at radius 2 is 2.06 bits per heavy atom. The summed E-state index contributed by atoms with van der Waals surface area (Å²) in [5.41, 5.74) is 0.645. The molecule has 1 radical (unpaired) electrons. The Morgan fingerprint density at radius 1 is 1.22 bits per heavy atom. The molecule has 1 aliphatic rings. The van der Waals surface area contributed by atoms with Gasteiger partial charge in [-0.25, -0.2) is 5.32 Å². The van der Waals surface area contributed by atoms with Crippen molar-refractivity contribution in [3.8, 4) is 0 Å². The van der Waals surface area contributed by atoms with Crippen LogP contribution in [0.3, 0.4) is 0 Å². The normalized spacial score (nSPS) is 15.1. The minimum atomic E-state index is -4.35. The van der Waals surface area contributed by atoms with Crippen molar-refractivity contribution in [2.45, 2.75) is 6.18 Å². The van der Waals surface area contributed by atoms with Gasteiger partial charge in [0, 0.05) is 18.0 Å². The maximum atomic E-state index is 11.8. The zero-order valence-corrected chi connectivity index (χ0v) is 9.05. The second kappa shape index (κ2) is 5.13. The van der Waals surface area contributed by atoms with Gasteiger partial charge in [-0.15, -0.1) is 10.2 Å². The highest BCUT2D eigenvalue weighted by Crippen LogP contribution is 2.14. The van der Waals surface area contributed by atoms with E-state index in [1.165, 1.54) is 6.20 Å². The van der Waals surface area contributed by atoms with Gasteiger partial charge in [0.05, 0.1) is 0 Å². The zero-order chi connectivity index (χ0) is 13.0. The van der Waals surface area contributed by atoms with Gasteiger partial charge < -0.3 is 4.74 Å². The molecule has 1 aromatic rings. The molecule has 8 heteroatoms. The van der Waals surface area contributed by atoms with Crippen LogP contribution in [0.5, 0.6) is 0 Å². The molecular weight excluding hydrogens is 249 g/mol. The molecule has 1 aliphatic heterocycles. The van der Waals surface area contributed by atoms with Crippen LogP contribution in [0.15, 0.2) is 34.7 Å². The van der Waals surface area contributed by atoms with Crippen LogP contribution in [-0.4, -0.2) is 36.0 Å². The summed E-state index contributed by atoms with van der Waals surface area (Å²) in [4.78, 5) is 3.88. The SMILES string of the molecule is FC(F)(F)COCC1=NN=C(c2cccnc2)[N]1. The molecule has 0 N–H and O–H groups in total. The van der Waals surface area contributed by atoms with Gasteiger partial charge >= 0.3 is 6.18 Å². The molecule has 0 amide bonds. The van der Waals surface area contributed by atoms with Crippen molar-refractivity contribution in [3.63, 3.8) is 0 Å². The smallest absolute Gasteiger partial charge is 0.364 e. The fraction of sp³-hybridized carbons (Fsp3) is 0.300. The molecule has 0 atom stereocenters. The number of nitrogens with zero attached hydrogens (tertiary/aromatic N) is 4. The summed E-state index contributed by atoms with van der Waals surface area (Å²) in [6, 6.07) is 3.43. The van der Waals surface area contributed by atoms with E-state index in [1.807, 2.05) is 0 Å². The number of hydrogen-bond acceptors (Lipinski definition) is 4. The van der Waals surface area contributed by atoms with Crippen molar-refractivity contribution >= 4 is 11.7 Å². The quantitative estimate of drug-likeness (QED) is 0.817. The zero-order valence-electron chi connectivity index (χ0n) is 9.05. The Balaban J connectivity index is 1.81. The predicted molar refractivity (Wildman–Crippen MR) is 57.2 cm³/mol. The highest BCUT2D eigenvalue weighted by Gasteiger charge is 2.28. The number of halogens is 3. The Hall–Kier alpha value is -1.96. The Morgan fingerprint density at radius 3 is 2.72 bits per heavy atom. The van der Waals surface area contributed by atoms with E-state index < -0.39 is 12.8 Å². The first-order chi connectivity index (χ1) is 8.54. The second-order valence-electron chi connectivity index (χ2n) is 3.40. The molecule has 0 bridgehead atoms. The third kappa shape index (κ3) is 3.52. The predicted octanol–water partition coefficient (Wildman–Crippen LogP) is 1.34. The van der Waals surface area contributed by atoms with Gasteiger partial charge in [0.15, 0.2) is 11.7 Å². The van der Waals surface area contributed by atoms with Crippen molar-refractivity contribution in [1.82, 2.24) is 10.3 Å². The van der Waals surface area contributed by atoms with E-state index in [9.17, 15) is 13.2 Å². The van der Waals surface area contributed by atoms with Gasteiger partial charge in [-0.3, -0.25) is 4.98 Å². The monoisotopic (exact) mass is 257 g/mol. The lowest BCUT2D eigenvalue weighted by molar-refractivity contribution is -0.170. The first-order valence-corrected chi connectivity index (χ1v) is 4.96. The Bertz CT molecular complexity index is 470. The van der Waals surface area contributed by atoms with E-state index in [4.69, 9.17) is 0 Å². The summed E-state index contributed by atoms with van der Waals surface area (Å²) in [6.07, 6.45) is -1.23. The van der Waals surface area contributed by atoms with Gasteiger partial charge in [0.1, 0.15) is 13.2 Å². The van der Waals surface area contributed by atoms with Crippen molar-refractivity contribution in [2.24, 2.45) is 10.2 Å². The number of alkyl halides is 3. The summed E-state index contributed by atoms with van der Waals surface area (Å²) >= 11 is 0.